The van der Waals surface area contributed by atoms with Gasteiger partial charge in [0.2, 0.25) is 0 Å². The van der Waals surface area contributed by atoms with Crippen LogP contribution in [0.4, 0.5) is 0 Å². The molecule has 0 atom stereocenters. The van der Waals surface area contributed by atoms with E-state index in [-0.39, 0.29) is 0 Å². The summed E-state index contributed by atoms with van der Waals surface area (Å²) in [7, 11) is 0. The molecule has 0 spiro atoms. The van der Waals surface area contributed by atoms with E-state index in [4.69, 9.17) is 0 Å². The van der Waals surface area contributed by atoms with Crippen LogP contribution in [0.5, 0.6) is 0 Å². The van der Waals surface area contributed by atoms with Crippen molar-refractivity contribution < 1.29 is 0 Å². The van der Waals surface area contributed by atoms with E-state index in [1.807, 2.05) is 13.8 Å². The summed E-state index contributed by atoms with van der Waals surface area (Å²) in [5.41, 5.74) is 5.36. The third-order valence-electron chi connectivity index (χ3n) is 2.52. The smallest absolute Gasteiger partial charge is 0.0198 e. The molecule has 17 heavy (non-hydrogen) atoms. The van der Waals surface area contributed by atoms with E-state index in [1.54, 1.807) is 0 Å². The van der Waals surface area contributed by atoms with Crippen LogP contribution in [0.25, 0.3) is 5.57 Å². The molecule has 0 aliphatic heterocycles. The third-order valence-corrected chi connectivity index (χ3v) is 2.52. The van der Waals surface area contributed by atoms with Crippen LogP contribution in [0, 0.1) is 13.8 Å². The summed E-state index contributed by atoms with van der Waals surface area (Å²) >= 11 is 0. The summed E-state index contributed by atoms with van der Waals surface area (Å²) in [6.07, 6.45) is 7.58. The molecule has 0 aromatic heterocycles. The number of aryl methyl sites for hydroxylation is 2. The first-order valence-electron chi connectivity index (χ1n) is 6.56. The largest absolute Gasteiger partial charge is 0.0848 e. The van der Waals surface area contributed by atoms with Gasteiger partial charge in [0.05, 0.1) is 0 Å². The molecule has 0 amide bonds. The molecule has 0 nitrogen and oxygen atoms in total. The van der Waals surface area contributed by atoms with Crippen LogP contribution in [-0.4, -0.2) is 0 Å². The fraction of sp³-hybridized carbons (Fsp3) is 0.412. The van der Waals surface area contributed by atoms with Crippen LogP contribution in [0.1, 0.15) is 50.8 Å². The van der Waals surface area contributed by atoms with Crippen LogP contribution >= 0.6 is 0 Å². The monoisotopic (exact) mass is 230 g/mol. The normalized spacial score (nSPS) is 11.3. The molecule has 0 heteroatoms. The molecule has 0 fully saturated rings. The van der Waals surface area contributed by atoms with E-state index in [2.05, 4.69) is 64.1 Å². The first kappa shape index (κ1) is 15.7. The van der Waals surface area contributed by atoms with Crippen molar-refractivity contribution in [1.82, 2.24) is 0 Å². The number of hydrogen-bond donors (Lipinski definition) is 0. The van der Waals surface area contributed by atoms with Gasteiger partial charge in [0.25, 0.3) is 0 Å². The number of benzene rings is 1. The fourth-order valence-electron chi connectivity index (χ4n) is 1.69. The Hall–Kier alpha value is -1.30. The molecule has 1 rings (SSSR count). The maximum Gasteiger partial charge on any atom is -0.0198 e. The first-order valence-corrected chi connectivity index (χ1v) is 6.56. The Bertz CT molecular complexity index is 381. The fourth-order valence-corrected chi connectivity index (χ4v) is 1.69. The summed E-state index contributed by atoms with van der Waals surface area (Å²) < 4.78 is 0. The van der Waals surface area contributed by atoms with Gasteiger partial charge in [0.1, 0.15) is 0 Å². The molecule has 1 aromatic rings. The Kier molecular flexibility index (Phi) is 8.13. The molecule has 0 bridgehead atoms. The highest BCUT2D eigenvalue weighted by Gasteiger charge is 1.98. The first-order chi connectivity index (χ1) is 8.15. The lowest BCUT2D eigenvalue weighted by molar-refractivity contribution is 1.22. The van der Waals surface area contributed by atoms with Crippen molar-refractivity contribution in [3.8, 4) is 0 Å². The maximum atomic E-state index is 2.23. The average molecular weight is 230 g/mol. The zero-order valence-electron chi connectivity index (χ0n) is 12.2. The summed E-state index contributed by atoms with van der Waals surface area (Å²) in [5, 5.41) is 0. The second-order valence-electron chi connectivity index (χ2n) is 4.00. The lowest BCUT2D eigenvalue weighted by atomic mass is 9.99. The molecule has 1 aromatic carbocycles. The van der Waals surface area contributed by atoms with Crippen LogP contribution in [0.2, 0.25) is 0 Å². The van der Waals surface area contributed by atoms with Crippen molar-refractivity contribution in [2.24, 2.45) is 0 Å². The molecule has 94 valence electrons. The lowest BCUT2D eigenvalue weighted by Crippen LogP contribution is -1.86. The minimum atomic E-state index is 1.09. The minimum Gasteiger partial charge on any atom is -0.0848 e. The van der Waals surface area contributed by atoms with Gasteiger partial charge in [-0.2, -0.15) is 0 Å². The summed E-state index contributed by atoms with van der Waals surface area (Å²) in [5.74, 6) is 0. The van der Waals surface area contributed by atoms with Crippen LogP contribution in [0.3, 0.4) is 0 Å². The number of hydrogen-bond acceptors (Lipinski definition) is 0. The van der Waals surface area contributed by atoms with Crippen molar-refractivity contribution in [3.05, 3.63) is 53.1 Å². The SMILES string of the molecule is CC.CC/C=C/C=C(/C)c1ccc(C)cc1C. The standard InChI is InChI=1S/C15H20.C2H6/c1-5-6-7-8-13(3)15-10-9-12(2)11-14(15)4;1-2/h6-11H,5H2,1-4H3;1-2H3/b7-6+,13-8-;. The van der Waals surface area contributed by atoms with Crippen molar-refractivity contribution >= 4 is 5.57 Å². The minimum absolute atomic E-state index is 1.09. The van der Waals surface area contributed by atoms with E-state index < -0.39 is 0 Å². The molecule has 0 aliphatic rings. The second-order valence-corrected chi connectivity index (χ2v) is 4.00. The van der Waals surface area contributed by atoms with E-state index in [0.717, 1.165) is 6.42 Å². The molecule has 0 unspecified atom stereocenters. The van der Waals surface area contributed by atoms with Gasteiger partial charge in [-0.1, -0.05) is 62.8 Å². The van der Waals surface area contributed by atoms with E-state index in [1.165, 1.54) is 22.3 Å². The molecule has 0 saturated carbocycles. The third kappa shape index (κ3) is 5.53. The zero-order valence-corrected chi connectivity index (χ0v) is 12.2. The summed E-state index contributed by atoms with van der Waals surface area (Å²) in [6.45, 7) is 12.6. The molecule has 0 radical (unpaired) electrons. The average Bonchev–Trinajstić information content (AvgIpc) is 2.31. The van der Waals surface area contributed by atoms with Gasteiger partial charge in [0.15, 0.2) is 0 Å². The maximum absolute atomic E-state index is 2.23. The van der Waals surface area contributed by atoms with Crippen molar-refractivity contribution in [2.45, 2.75) is 48.0 Å². The van der Waals surface area contributed by atoms with Gasteiger partial charge in [-0.3, -0.25) is 0 Å². The Labute approximate surface area is 107 Å². The van der Waals surface area contributed by atoms with E-state index >= 15 is 0 Å². The van der Waals surface area contributed by atoms with Crippen molar-refractivity contribution in [2.75, 3.05) is 0 Å². The Morgan fingerprint density at radius 3 is 2.35 bits per heavy atom. The van der Waals surface area contributed by atoms with Gasteiger partial charge in [-0.15, -0.1) is 0 Å². The second kappa shape index (κ2) is 8.81. The molecule has 0 N–H and O–H groups in total. The van der Waals surface area contributed by atoms with E-state index in [9.17, 15) is 0 Å². The summed E-state index contributed by atoms with van der Waals surface area (Å²) in [6, 6.07) is 6.61. The highest BCUT2D eigenvalue weighted by molar-refractivity contribution is 5.68. The van der Waals surface area contributed by atoms with Crippen molar-refractivity contribution in [1.29, 1.82) is 0 Å². The predicted octanol–water partition coefficient (Wildman–Crippen LogP) is 5.70. The van der Waals surface area contributed by atoms with Crippen molar-refractivity contribution in [3.63, 3.8) is 0 Å². The topological polar surface area (TPSA) is 0 Å². The van der Waals surface area contributed by atoms with Crippen LogP contribution in [0.15, 0.2) is 36.4 Å². The van der Waals surface area contributed by atoms with Gasteiger partial charge in [-0.05, 0) is 43.9 Å². The molecule has 0 aliphatic carbocycles. The lowest BCUT2D eigenvalue weighted by Gasteiger charge is -2.06. The summed E-state index contributed by atoms with van der Waals surface area (Å²) in [4.78, 5) is 0. The predicted molar refractivity (Wildman–Crippen MR) is 80.3 cm³/mol. The molecular formula is C17H26. The quantitative estimate of drug-likeness (QED) is 0.584. The van der Waals surface area contributed by atoms with Crippen LogP contribution in [-0.2, 0) is 0 Å². The van der Waals surface area contributed by atoms with Gasteiger partial charge >= 0.3 is 0 Å². The Morgan fingerprint density at radius 1 is 1.18 bits per heavy atom. The van der Waals surface area contributed by atoms with Gasteiger partial charge in [0, 0.05) is 0 Å². The highest BCUT2D eigenvalue weighted by Crippen LogP contribution is 2.19. The number of rotatable bonds is 3. The van der Waals surface area contributed by atoms with Gasteiger partial charge in [-0.25, -0.2) is 0 Å². The Morgan fingerprint density at radius 2 is 1.82 bits per heavy atom. The van der Waals surface area contributed by atoms with Crippen LogP contribution < -0.4 is 0 Å². The molecular weight excluding hydrogens is 204 g/mol. The molecule has 0 heterocycles. The number of allylic oxidation sites excluding steroid dienone is 4. The van der Waals surface area contributed by atoms with Gasteiger partial charge < -0.3 is 0 Å². The van der Waals surface area contributed by atoms with E-state index in [0.29, 0.717) is 0 Å². The molecule has 0 saturated heterocycles. The Balaban J connectivity index is 0.00000121. The zero-order chi connectivity index (χ0) is 13.3. The highest BCUT2D eigenvalue weighted by atomic mass is 14.0.